The lowest BCUT2D eigenvalue weighted by Crippen LogP contribution is -2.39. The molecule has 2 aromatic rings. The Morgan fingerprint density at radius 1 is 1.17 bits per heavy atom. The van der Waals surface area contributed by atoms with Crippen molar-refractivity contribution >= 4 is 28.0 Å². The number of anilines is 1. The molecule has 30 heavy (non-hydrogen) atoms. The van der Waals surface area contributed by atoms with Crippen molar-refractivity contribution in [2.75, 3.05) is 32.8 Å². The third kappa shape index (κ3) is 4.90. The van der Waals surface area contributed by atoms with Crippen LogP contribution in [-0.2, 0) is 19.5 Å². The molecule has 0 bridgehead atoms. The number of amides is 2. The summed E-state index contributed by atoms with van der Waals surface area (Å²) in [5.74, 6) is -1.02. The van der Waals surface area contributed by atoms with E-state index in [9.17, 15) is 18.0 Å². The van der Waals surface area contributed by atoms with E-state index in [1.807, 2.05) is 0 Å². The van der Waals surface area contributed by atoms with E-state index in [-0.39, 0.29) is 36.5 Å². The molecule has 14 heteroatoms. The first-order valence-electron chi connectivity index (χ1n) is 8.37. The number of carbonyl (C=O) groups is 2. The zero-order valence-corrected chi connectivity index (χ0v) is 16.6. The van der Waals surface area contributed by atoms with Gasteiger partial charge in [-0.05, 0) is 12.1 Å². The Hall–Kier alpha value is -3.52. The van der Waals surface area contributed by atoms with Crippen molar-refractivity contribution in [3.05, 3.63) is 30.0 Å². The van der Waals surface area contributed by atoms with Crippen molar-refractivity contribution in [1.82, 2.24) is 19.7 Å². The number of hydrogen-bond donors (Lipinski definition) is 2. The first-order chi connectivity index (χ1) is 14.3. The van der Waals surface area contributed by atoms with Crippen molar-refractivity contribution in [3.8, 4) is 11.8 Å². The third-order valence-corrected chi connectivity index (χ3v) is 4.97. The van der Waals surface area contributed by atoms with Gasteiger partial charge in [0, 0.05) is 6.20 Å². The van der Waals surface area contributed by atoms with Crippen LogP contribution in [0.5, 0.6) is 11.8 Å². The van der Waals surface area contributed by atoms with Crippen LogP contribution >= 0.6 is 0 Å². The number of ether oxygens (including phenoxy) is 4. The fourth-order valence-corrected chi connectivity index (χ4v) is 3.26. The van der Waals surface area contributed by atoms with E-state index in [2.05, 4.69) is 20.3 Å². The quantitative estimate of drug-likeness (QED) is 0.555. The average Bonchev–Trinajstić information content (AvgIpc) is 2.69. The van der Waals surface area contributed by atoms with Crippen LogP contribution in [0.2, 0.25) is 0 Å². The Labute approximate surface area is 170 Å². The van der Waals surface area contributed by atoms with Gasteiger partial charge in [0.05, 0.1) is 39.1 Å². The van der Waals surface area contributed by atoms with Gasteiger partial charge < -0.3 is 18.9 Å². The average molecular weight is 439 g/mol. The summed E-state index contributed by atoms with van der Waals surface area (Å²) in [6, 6.07) is 2.75. The Kier molecular flexibility index (Phi) is 6.27. The van der Waals surface area contributed by atoms with Crippen LogP contribution in [0.25, 0.3) is 0 Å². The number of carbonyl (C=O) groups excluding carboxylic acids is 2. The molecule has 2 amide bonds. The lowest BCUT2D eigenvalue weighted by molar-refractivity contribution is -0.103. The van der Waals surface area contributed by atoms with Crippen LogP contribution in [0.1, 0.15) is 10.4 Å². The molecule has 0 unspecified atom stereocenters. The van der Waals surface area contributed by atoms with E-state index < -0.39 is 33.2 Å². The van der Waals surface area contributed by atoms with Crippen molar-refractivity contribution in [3.63, 3.8) is 0 Å². The molecule has 1 aliphatic rings. The number of methoxy groups -OCH3 is 2. The number of pyridine rings is 1. The van der Waals surface area contributed by atoms with Crippen molar-refractivity contribution < 1.29 is 37.0 Å². The highest BCUT2D eigenvalue weighted by atomic mass is 32.2. The molecule has 13 nitrogen and oxygen atoms in total. The van der Waals surface area contributed by atoms with Gasteiger partial charge in [0.15, 0.2) is 5.03 Å². The second kappa shape index (κ2) is 8.87. The maximum atomic E-state index is 12.6. The number of nitrogens with zero attached hydrogens (tertiary/aromatic N) is 3. The van der Waals surface area contributed by atoms with Gasteiger partial charge >= 0.3 is 12.0 Å². The molecule has 0 aromatic carbocycles. The number of urea groups is 1. The van der Waals surface area contributed by atoms with Gasteiger partial charge in [0.2, 0.25) is 17.7 Å². The monoisotopic (exact) mass is 439 g/mol. The highest BCUT2D eigenvalue weighted by Crippen LogP contribution is 2.18. The summed E-state index contributed by atoms with van der Waals surface area (Å²) in [6.45, 7) is 0.442. The fourth-order valence-electron chi connectivity index (χ4n) is 2.22. The maximum Gasteiger partial charge on any atom is 0.341 e. The second-order valence-electron chi connectivity index (χ2n) is 5.76. The molecule has 2 N–H and O–H groups in total. The molecule has 0 radical (unpaired) electrons. The van der Waals surface area contributed by atoms with Gasteiger partial charge in [-0.3, -0.25) is 5.32 Å². The van der Waals surface area contributed by atoms with Crippen molar-refractivity contribution in [2.45, 2.75) is 11.1 Å². The van der Waals surface area contributed by atoms with E-state index in [0.29, 0.717) is 0 Å². The maximum absolute atomic E-state index is 12.6. The Balaban J connectivity index is 1.76. The number of hydrogen-bond acceptors (Lipinski definition) is 11. The lowest BCUT2D eigenvalue weighted by atomic mass is 10.3. The highest BCUT2D eigenvalue weighted by molar-refractivity contribution is 7.90. The van der Waals surface area contributed by atoms with Crippen LogP contribution in [0, 0.1) is 0 Å². The van der Waals surface area contributed by atoms with Crippen LogP contribution in [0.4, 0.5) is 10.7 Å². The van der Waals surface area contributed by atoms with E-state index in [0.717, 1.165) is 6.20 Å². The van der Waals surface area contributed by atoms with Crippen molar-refractivity contribution in [1.29, 1.82) is 0 Å². The third-order valence-electron chi connectivity index (χ3n) is 3.68. The summed E-state index contributed by atoms with van der Waals surface area (Å²) in [4.78, 5) is 35.9. The van der Waals surface area contributed by atoms with Gasteiger partial charge in [-0.25, -0.2) is 19.3 Å². The van der Waals surface area contributed by atoms with Crippen LogP contribution in [-0.4, -0.2) is 68.9 Å². The zero-order valence-electron chi connectivity index (χ0n) is 15.8. The Morgan fingerprint density at radius 3 is 2.40 bits per heavy atom. The summed E-state index contributed by atoms with van der Waals surface area (Å²) in [7, 11) is -1.85. The van der Waals surface area contributed by atoms with E-state index in [4.69, 9.17) is 18.9 Å². The van der Waals surface area contributed by atoms with Crippen molar-refractivity contribution in [2.24, 2.45) is 0 Å². The number of rotatable bonds is 7. The standard InChI is InChI=1S/C16H17N5O8S/c1-26-11-6-12(27-2)19-15(18-11)20-16(23)21-30(24,25)13-10(4-3-5-17-13)14(22)29-9-7-28-8-9/h3-6,9H,7-8H2,1-2H3,(H2,18,19,20,21,23). The minimum absolute atomic E-state index is 0.0785. The number of aromatic nitrogens is 3. The minimum atomic E-state index is -4.53. The predicted octanol–water partition coefficient (Wildman–Crippen LogP) is -0.0452. The van der Waals surface area contributed by atoms with Crippen LogP contribution < -0.4 is 19.5 Å². The lowest BCUT2D eigenvalue weighted by Gasteiger charge is -2.25. The predicted molar refractivity (Wildman–Crippen MR) is 98.7 cm³/mol. The second-order valence-corrected chi connectivity index (χ2v) is 7.35. The van der Waals surface area contributed by atoms with Crippen LogP contribution in [0.3, 0.4) is 0 Å². The molecule has 1 fully saturated rings. The molecule has 1 aliphatic heterocycles. The normalized spacial score (nSPS) is 13.7. The summed E-state index contributed by atoms with van der Waals surface area (Å²) in [5, 5.41) is 1.47. The van der Waals surface area contributed by atoms with E-state index in [1.54, 1.807) is 4.72 Å². The summed E-state index contributed by atoms with van der Waals surface area (Å²) in [5.41, 5.74) is -0.330. The zero-order chi connectivity index (χ0) is 21.7. The van der Waals surface area contributed by atoms with Gasteiger partial charge in [-0.15, -0.1) is 0 Å². The van der Waals surface area contributed by atoms with Gasteiger partial charge in [0.1, 0.15) is 6.10 Å². The van der Waals surface area contributed by atoms with Gasteiger partial charge in [-0.1, -0.05) is 0 Å². The van der Waals surface area contributed by atoms with E-state index >= 15 is 0 Å². The number of sulfonamides is 1. The summed E-state index contributed by atoms with van der Waals surface area (Å²) >= 11 is 0. The molecule has 1 saturated heterocycles. The highest BCUT2D eigenvalue weighted by Gasteiger charge is 2.30. The molecule has 160 valence electrons. The number of nitrogens with one attached hydrogen (secondary N) is 2. The smallest absolute Gasteiger partial charge is 0.341 e. The van der Waals surface area contributed by atoms with Gasteiger partial charge in [-0.2, -0.15) is 18.4 Å². The molecular formula is C16H17N5O8S. The summed E-state index contributed by atoms with van der Waals surface area (Å²) < 4.78 is 46.9. The molecule has 0 saturated carbocycles. The molecule has 0 atom stereocenters. The van der Waals surface area contributed by atoms with Gasteiger partial charge in [0.25, 0.3) is 10.0 Å². The summed E-state index contributed by atoms with van der Waals surface area (Å²) in [6.07, 6.45) is 0.691. The molecule has 3 heterocycles. The largest absolute Gasteiger partial charge is 0.481 e. The van der Waals surface area contributed by atoms with Crippen LogP contribution in [0.15, 0.2) is 29.4 Å². The molecule has 0 aliphatic carbocycles. The fraction of sp³-hybridized carbons (Fsp3) is 0.312. The molecule has 3 rings (SSSR count). The first kappa shape index (κ1) is 21.2. The SMILES string of the molecule is COc1cc(OC)nc(NC(=O)NS(=O)(=O)c2ncccc2C(=O)OC2COC2)n1. The number of esters is 1. The molecule has 2 aromatic heterocycles. The van der Waals surface area contributed by atoms with E-state index in [1.165, 1.54) is 32.4 Å². The Morgan fingerprint density at radius 2 is 1.83 bits per heavy atom. The minimum Gasteiger partial charge on any atom is -0.481 e. The molecule has 0 spiro atoms. The Bertz CT molecular complexity index is 1040. The first-order valence-corrected chi connectivity index (χ1v) is 9.85. The topological polar surface area (TPSA) is 168 Å². The molecular weight excluding hydrogens is 422 g/mol.